The summed E-state index contributed by atoms with van der Waals surface area (Å²) in [5.74, 6) is 1.24. The summed E-state index contributed by atoms with van der Waals surface area (Å²) in [5, 5.41) is 0. The Bertz CT molecular complexity index is 341. The zero-order valence-corrected chi connectivity index (χ0v) is 10.7. The Balaban J connectivity index is 2.46. The van der Waals surface area contributed by atoms with Crippen LogP contribution in [0.15, 0.2) is 24.3 Å². The van der Waals surface area contributed by atoms with Gasteiger partial charge >= 0.3 is 0 Å². The lowest BCUT2D eigenvalue weighted by atomic mass is 10.1. The number of hydrogen-bond donors (Lipinski definition) is 0. The van der Waals surface area contributed by atoms with Gasteiger partial charge in [-0.25, -0.2) is 0 Å². The minimum Gasteiger partial charge on any atom is -0.494 e. The second-order valence-corrected chi connectivity index (χ2v) is 4.29. The lowest BCUT2D eigenvalue weighted by Gasteiger charge is -2.07. The van der Waals surface area contributed by atoms with Gasteiger partial charge in [-0.05, 0) is 37.1 Å². The van der Waals surface area contributed by atoms with Crippen LogP contribution in [-0.2, 0) is 4.74 Å². The van der Waals surface area contributed by atoms with Crippen molar-refractivity contribution < 1.29 is 14.3 Å². The summed E-state index contributed by atoms with van der Waals surface area (Å²) in [4.78, 5) is 11.7. The third-order valence-corrected chi connectivity index (χ3v) is 2.17. The molecule has 0 aliphatic carbocycles. The predicted octanol–water partition coefficient (Wildman–Crippen LogP) is 2.94. The van der Waals surface area contributed by atoms with Crippen molar-refractivity contribution in [2.24, 2.45) is 5.92 Å². The fourth-order valence-electron chi connectivity index (χ4n) is 1.37. The normalized spacial score (nSPS) is 10.6. The minimum absolute atomic E-state index is 0.00805. The number of rotatable bonds is 7. The largest absolute Gasteiger partial charge is 0.494 e. The highest BCUT2D eigenvalue weighted by atomic mass is 16.5. The molecule has 0 bridgehead atoms. The van der Waals surface area contributed by atoms with Gasteiger partial charge in [0.05, 0.1) is 6.61 Å². The number of ether oxygens (including phenoxy) is 2. The van der Waals surface area contributed by atoms with Crippen LogP contribution in [-0.4, -0.2) is 25.6 Å². The molecule has 0 spiro atoms. The molecule has 0 aromatic heterocycles. The van der Waals surface area contributed by atoms with E-state index in [0.29, 0.717) is 24.7 Å². The van der Waals surface area contributed by atoms with Crippen LogP contribution in [0.1, 0.15) is 31.1 Å². The Labute approximate surface area is 103 Å². The summed E-state index contributed by atoms with van der Waals surface area (Å²) in [5.41, 5.74) is 0.664. The number of carbonyl (C=O) groups is 1. The van der Waals surface area contributed by atoms with Crippen LogP contribution in [0.5, 0.6) is 5.75 Å². The summed E-state index contributed by atoms with van der Waals surface area (Å²) in [6.07, 6.45) is 0. The molecular formula is C14H20O3. The van der Waals surface area contributed by atoms with Gasteiger partial charge in [0.1, 0.15) is 12.4 Å². The van der Waals surface area contributed by atoms with Gasteiger partial charge < -0.3 is 9.47 Å². The van der Waals surface area contributed by atoms with Gasteiger partial charge in [0.2, 0.25) is 0 Å². The quantitative estimate of drug-likeness (QED) is 0.683. The number of Topliss-reactive ketones (excluding diaryl/α,β-unsaturated/α-hetero) is 1. The van der Waals surface area contributed by atoms with E-state index in [9.17, 15) is 4.79 Å². The Hall–Kier alpha value is -1.35. The maximum atomic E-state index is 11.7. The summed E-state index contributed by atoms with van der Waals surface area (Å²) >= 11 is 0. The van der Waals surface area contributed by atoms with E-state index in [1.54, 1.807) is 24.3 Å². The van der Waals surface area contributed by atoms with E-state index < -0.39 is 0 Å². The van der Waals surface area contributed by atoms with E-state index >= 15 is 0 Å². The van der Waals surface area contributed by atoms with Crippen molar-refractivity contribution in [1.29, 1.82) is 0 Å². The second-order valence-electron chi connectivity index (χ2n) is 4.29. The SMILES string of the molecule is CCOc1ccc(C(=O)COCC(C)C)cc1. The Kier molecular flexibility index (Phi) is 5.70. The maximum Gasteiger partial charge on any atom is 0.188 e. The van der Waals surface area contributed by atoms with Gasteiger partial charge in [0.15, 0.2) is 5.78 Å². The lowest BCUT2D eigenvalue weighted by Crippen LogP contribution is -2.12. The predicted molar refractivity (Wildman–Crippen MR) is 67.6 cm³/mol. The van der Waals surface area contributed by atoms with E-state index in [4.69, 9.17) is 9.47 Å². The van der Waals surface area contributed by atoms with Crippen molar-refractivity contribution >= 4 is 5.78 Å². The summed E-state index contributed by atoms with van der Waals surface area (Å²) in [6, 6.07) is 7.15. The zero-order valence-electron chi connectivity index (χ0n) is 10.7. The first-order valence-electron chi connectivity index (χ1n) is 5.97. The fourth-order valence-corrected chi connectivity index (χ4v) is 1.37. The highest BCUT2D eigenvalue weighted by Gasteiger charge is 2.06. The van der Waals surface area contributed by atoms with Crippen LogP contribution in [0.3, 0.4) is 0 Å². The monoisotopic (exact) mass is 236 g/mol. The topological polar surface area (TPSA) is 35.5 Å². The zero-order chi connectivity index (χ0) is 12.7. The van der Waals surface area contributed by atoms with E-state index in [1.807, 2.05) is 6.92 Å². The Morgan fingerprint density at radius 3 is 2.41 bits per heavy atom. The van der Waals surface area contributed by atoms with Gasteiger partial charge in [-0.2, -0.15) is 0 Å². The minimum atomic E-state index is 0.00805. The first kappa shape index (κ1) is 13.7. The number of ketones is 1. The molecule has 0 N–H and O–H groups in total. The molecule has 17 heavy (non-hydrogen) atoms. The second kappa shape index (κ2) is 7.07. The molecule has 0 heterocycles. The smallest absolute Gasteiger partial charge is 0.188 e. The highest BCUT2D eigenvalue weighted by Crippen LogP contribution is 2.12. The molecule has 0 saturated heterocycles. The van der Waals surface area contributed by atoms with Crippen molar-refractivity contribution in [3.8, 4) is 5.75 Å². The molecule has 0 fully saturated rings. The van der Waals surface area contributed by atoms with Crippen LogP contribution < -0.4 is 4.74 Å². The van der Waals surface area contributed by atoms with Gasteiger partial charge in [0, 0.05) is 12.2 Å². The van der Waals surface area contributed by atoms with Crippen molar-refractivity contribution in [2.75, 3.05) is 19.8 Å². The highest BCUT2D eigenvalue weighted by molar-refractivity contribution is 5.97. The average Bonchev–Trinajstić information content (AvgIpc) is 2.30. The molecular weight excluding hydrogens is 216 g/mol. The first-order valence-corrected chi connectivity index (χ1v) is 5.97. The molecule has 0 radical (unpaired) electrons. The molecule has 0 unspecified atom stereocenters. The molecule has 1 aromatic carbocycles. The van der Waals surface area contributed by atoms with Crippen LogP contribution >= 0.6 is 0 Å². The molecule has 3 heteroatoms. The third-order valence-electron chi connectivity index (χ3n) is 2.17. The van der Waals surface area contributed by atoms with E-state index in [1.165, 1.54) is 0 Å². The molecule has 94 valence electrons. The van der Waals surface area contributed by atoms with Crippen molar-refractivity contribution in [1.82, 2.24) is 0 Å². The summed E-state index contributed by atoms with van der Waals surface area (Å²) in [6.45, 7) is 7.43. The number of benzene rings is 1. The van der Waals surface area contributed by atoms with Crippen LogP contribution in [0, 0.1) is 5.92 Å². The molecule has 0 amide bonds. The van der Waals surface area contributed by atoms with Crippen molar-refractivity contribution in [3.05, 3.63) is 29.8 Å². The maximum absolute atomic E-state index is 11.7. The molecule has 0 atom stereocenters. The van der Waals surface area contributed by atoms with Gasteiger partial charge in [-0.3, -0.25) is 4.79 Å². The van der Waals surface area contributed by atoms with Crippen LogP contribution in [0.4, 0.5) is 0 Å². The molecule has 0 aliphatic heterocycles. The van der Waals surface area contributed by atoms with Crippen molar-refractivity contribution in [2.45, 2.75) is 20.8 Å². The number of carbonyl (C=O) groups excluding carboxylic acids is 1. The molecule has 0 aliphatic rings. The first-order chi connectivity index (χ1) is 8.13. The standard InChI is InChI=1S/C14H20O3/c1-4-17-13-7-5-12(6-8-13)14(15)10-16-9-11(2)3/h5-8,11H,4,9-10H2,1-3H3. The van der Waals surface area contributed by atoms with Gasteiger partial charge in [-0.1, -0.05) is 13.8 Å². The van der Waals surface area contributed by atoms with E-state index in [0.717, 1.165) is 5.75 Å². The average molecular weight is 236 g/mol. The molecule has 0 saturated carbocycles. The van der Waals surface area contributed by atoms with Crippen molar-refractivity contribution in [3.63, 3.8) is 0 Å². The van der Waals surface area contributed by atoms with Gasteiger partial charge in [-0.15, -0.1) is 0 Å². The third kappa shape index (κ3) is 5.00. The number of hydrogen-bond acceptors (Lipinski definition) is 3. The van der Waals surface area contributed by atoms with Crippen LogP contribution in [0.25, 0.3) is 0 Å². The molecule has 3 nitrogen and oxygen atoms in total. The van der Waals surface area contributed by atoms with Crippen LogP contribution in [0.2, 0.25) is 0 Å². The molecule has 1 aromatic rings. The fraction of sp³-hybridized carbons (Fsp3) is 0.500. The summed E-state index contributed by atoms with van der Waals surface area (Å²) < 4.78 is 10.6. The Morgan fingerprint density at radius 1 is 1.24 bits per heavy atom. The lowest BCUT2D eigenvalue weighted by molar-refractivity contribution is 0.0705. The van der Waals surface area contributed by atoms with E-state index in [2.05, 4.69) is 13.8 Å². The Morgan fingerprint density at radius 2 is 1.88 bits per heavy atom. The van der Waals surface area contributed by atoms with Gasteiger partial charge in [0.25, 0.3) is 0 Å². The van der Waals surface area contributed by atoms with E-state index in [-0.39, 0.29) is 12.4 Å². The summed E-state index contributed by atoms with van der Waals surface area (Å²) in [7, 11) is 0. The molecule has 1 rings (SSSR count).